The molecule has 1 aromatic carbocycles. The minimum atomic E-state index is -1.00. The van der Waals surface area contributed by atoms with E-state index in [4.69, 9.17) is 4.74 Å². The molecule has 0 aromatic heterocycles. The summed E-state index contributed by atoms with van der Waals surface area (Å²) >= 11 is 0. The largest absolute Gasteiger partial charge is 0.449 e. The van der Waals surface area contributed by atoms with E-state index in [2.05, 4.69) is 11.9 Å². The fourth-order valence-electron chi connectivity index (χ4n) is 1.53. The molecule has 0 aliphatic heterocycles. The molecule has 1 rings (SSSR count). The molecular weight excluding hydrogens is 276 g/mol. The van der Waals surface area contributed by atoms with E-state index in [9.17, 15) is 19.7 Å². The van der Waals surface area contributed by atoms with E-state index in [0.29, 0.717) is 5.56 Å². The van der Waals surface area contributed by atoms with E-state index in [1.54, 1.807) is 6.92 Å². The van der Waals surface area contributed by atoms with Gasteiger partial charge in [-0.15, -0.1) is 6.58 Å². The van der Waals surface area contributed by atoms with Gasteiger partial charge >= 0.3 is 5.97 Å². The lowest BCUT2D eigenvalue weighted by atomic mass is 10.1. The van der Waals surface area contributed by atoms with Crippen molar-refractivity contribution in [3.05, 3.63) is 52.1 Å². The van der Waals surface area contributed by atoms with Gasteiger partial charge in [-0.05, 0) is 19.9 Å². The SMILES string of the molecule is C=CCNC(=O)C(C)OC(=O)c1ccc(C)c([N+](=O)[O-])c1. The molecule has 0 aliphatic rings. The third kappa shape index (κ3) is 4.41. The average Bonchev–Trinajstić information content (AvgIpc) is 2.44. The van der Waals surface area contributed by atoms with Crippen LogP contribution in [0.25, 0.3) is 0 Å². The molecule has 7 nitrogen and oxygen atoms in total. The van der Waals surface area contributed by atoms with Crippen LogP contribution in [-0.2, 0) is 9.53 Å². The highest BCUT2D eigenvalue weighted by atomic mass is 16.6. The summed E-state index contributed by atoms with van der Waals surface area (Å²) in [7, 11) is 0. The highest BCUT2D eigenvalue weighted by Crippen LogP contribution is 2.20. The Balaban J connectivity index is 2.80. The molecular formula is C14H16N2O5. The monoisotopic (exact) mass is 292 g/mol. The van der Waals surface area contributed by atoms with Crippen molar-refractivity contribution in [1.82, 2.24) is 5.32 Å². The predicted octanol–water partition coefficient (Wildman–Crippen LogP) is 1.75. The molecule has 7 heteroatoms. The number of nitrogens with zero attached hydrogens (tertiary/aromatic N) is 1. The quantitative estimate of drug-likeness (QED) is 0.373. The van der Waals surface area contributed by atoms with Crippen LogP contribution < -0.4 is 5.32 Å². The lowest BCUT2D eigenvalue weighted by molar-refractivity contribution is -0.385. The Morgan fingerprint density at radius 1 is 1.52 bits per heavy atom. The van der Waals surface area contributed by atoms with Crippen LogP contribution in [0.15, 0.2) is 30.9 Å². The van der Waals surface area contributed by atoms with Crippen LogP contribution in [0.2, 0.25) is 0 Å². The number of nitro benzene ring substituents is 1. The van der Waals surface area contributed by atoms with Crippen molar-refractivity contribution in [1.29, 1.82) is 0 Å². The standard InChI is InChI=1S/C14H16N2O5/c1-4-7-15-13(17)10(3)21-14(18)11-6-5-9(2)12(8-11)16(19)20/h4-6,8,10H,1,7H2,2-3H3,(H,15,17). The smallest absolute Gasteiger partial charge is 0.339 e. The molecule has 0 heterocycles. The number of hydrogen-bond donors (Lipinski definition) is 1. The number of aryl methyl sites for hydroxylation is 1. The number of nitrogens with one attached hydrogen (secondary N) is 1. The molecule has 112 valence electrons. The molecule has 0 spiro atoms. The summed E-state index contributed by atoms with van der Waals surface area (Å²) in [4.78, 5) is 33.7. The summed E-state index contributed by atoms with van der Waals surface area (Å²) in [5.74, 6) is -1.26. The maximum absolute atomic E-state index is 11.9. The second kappa shape index (κ2) is 7.18. The minimum absolute atomic E-state index is 0.0238. The van der Waals surface area contributed by atoms with Crippen LogP contribution in [0.1, 0.15) is 22.8 Å². The Kier molecular flexibility index (Phi) is 5.59. The van der Waals surface area contributed by atoms with Crippen molar-refractivity contribution in [3.63, 3.8) is 0 Å². The number of carbonyl (C=O) groups excluding carboxylic acids is 2. The van der Waals surface area contributed by atoms with Gasteiger partial charge < -0.3 is 10.1 Å². The Morgan fingerprint density at radius 2 is 2.19 bits per heavy atom. The predicted molar refractivity (Wildman–Crippen MR) is 75.9 cm³/mol. The fourth-order valence-corrected chi connectivity index (χ4v) is 1.53. The molecule has 0 saturated heterocycles. The molecule has 1 atom stereocenters. The van der Waals surface area contributed by atoms with E-state index in [1.165, 1.54) is 25.1 Å². The van der Waals surface area contributed by atoms with Crippen molar-refractivity contribution in [2.24, 2.45) is 0 Å². The van der Waals surface area contributed by atoms with Gasteiger partial charge in [-0.3, -0.25) is 14.9 Å². The second-order valence-corrected chi connectivity index (χ2v) is 4.34. The van der Waals surface area contributed by atoms with Gasteiger partial charge in [0.2, 0.25) is 0 Å². The summed E-state index contributed by atoms with van der Waals surface area (Å²) in [5.41, 5.74) is 0.289. The van der Waals surface area contributed by atoms with E-state index >= 15 is 0 Å². The van der Waals surface area contributed by atoms with Gasteiger partial charge in [0.1, 0.15) is 0 Å². The number of benzene rings is 1. The van der Waals surface area contributed by atoms with Gasteiger partial charge in [0.25, 0.3) is 11.6 Å². The average molecular weight is 292 g/mol. The minimum Gasteiger partial charge on any atom is -0.449 e. The molecule has 0 saturated carbocycles. The summed E-state index contributed by atoms with van der Waals surface area (Å²) in [6.45, 7) is 6.69. The molecule has 1 N–H and O–H groups in total. The fraction of sp³-hybridized carbons (Fsp3) is 0.286. The highest BCUT2D eigenvalue weighted by molar-refractivity contribution is 5.93. The van der Waals surface area contributed by atoms with Crippen LogP contribution in [0.4, 0.5) is 5.69 Å². The molecule has 1 amide bonds. The zero-order valence-corrected chi connectivity index (χ0v) is 11.8. The van der Waals surface area contributed by atoms with E-state index < -0.39 is 22.9 Å². The molecule has 0 bridgehead atoms. The van der Waals surface area contributed by atoms with Crippen molar-refractivity contribution in [2.75, 3.05) is 6.54 Å². The zero-order valence-electron chi connectivity index (χ0n) is 11.8. The number of nitro groups is 1. The van der Waals surface area contributed by atoms with E-state index in [1.807, 2.05) is 0 Å². The van der Waals surface area contributed by atoms with E-state index in [-0.39, 0.29) is 17.8 Å². The van der Waals surface area contributed by atoms with Crippen LogP contribution in [0, 0.1) is 17.0 Å². The van der Waals surface area contributed by atoms with Gasteiger partial charge in [-0.2, -0.15) is 0 Å². The van der Waals surface area contributed by atoms with Gasteiger partial charge in [0, 0.05) is 18.2 Å². The first-order valence-corrected chi connectivity index (χ1v) is 6.21. The van der Waals surface area contributed by atoms with Crippen LogP contribution in [0.5, 0.6) is 0 Å². The number of hydrogen-bond acceptors (Lipinski definition) is 5. The second-order valence-electron chi connectivity index (χ2n) is 4.34. The Labute approximate surface area is 121 Å². The summed E-state index contributed by atoms with van der Waals surface area (Å²) in [5, 5.41) is 13.3. The molecule has 1 aromatic rings. The number of carbonyl (C=O) groups is 2. The summed E-state index contributed by atoms with van der Waals surface area (Å²) in [6.07, 6.45) is 0.494. The van der Waals surface area contributed by atoms with E-state index in [0.717, 1.165) is 6.07 Å². The van der Waals surface area contributed by atoms with Crippen LogP contribution >= 0.6 is 0 Å². The summed E-state index contributed by atoms with van der Waals surface area (Å²) < 4.78 is 4.96. The van der Waals surface area contributed by atoms with Crippen molar-refractivity contribution < 1.29 is 19.2 Å². The normalized spacial score (nSPS) is 11.3. The molecule has 0 fully saturated rings. The number of amides is 1. The lowest BCUT2D eigenvalue weighted by Crippen LogP contribution is -2.35. The van der Waals surface area contributed by atoms with Crippen molar-refractivity contribution in [3.8, 4) is 0 Å². The first kappa shape index (κ1) is 16.4. The van der Waals surface area contributed by atoms with Crippen molar-refractivity contribution >= 4 is 17.6 Å². The molecule has 0 radical (unpaired) electrons. The third-order valence-electron chi connectivity index (χ3n) is 2.72. The third-order valence-corrected chi connectivity index (χ3v) is 2.72. The van der Waals surface area contributed by atoms with Gasteiger partial charge in [0.15, 0.2) is 6.10 Å². The lowest BCUT2D eigenvalue weighted by Gasteiger charge is -2.12. The molecule has 21 heavy (non-hydrogen) atoms. The Hall–Kier alpha value is -2.70. The molecule has 1 unspecified atom stereocenters. The van der Waals surface area contributed by atoms with Crippen LogP contribution in [-0.4, -0.2) is 29.4 Å². The Morgan fingerprint density at radius 3 is 2.76 bits per heavy atom. The maximum atomic E-state index is 11.9. The topological polar surface area (TPSA) is 98.5 Å². The van der Waals surface area contributed by atoms with Crippen LogP contribution in [0.3, 0.4) is 0 Å². The van der Waals surface area contributed by atoms with Gasteiger partial charge in [-0.1, -0.05) is 12.1 Å². The first-order valence-electron chi connectivity index (χ1n) is 6.21. The Bertz CT molecular complexity index is 583. The number of esters is 1. The zero-order chi connectivity index (χ0) is 16.0. The molecule has 0 aliphatic carbocycles. The van der Waals surface area contributed by atoms with Gasteiger partial charge in [-0.25, -0.2) is 4.79 Å². The first-order chi connectivity index (χ1) is 9.86. The van der Waals surface area contributed by atoms with Crippen molar-refractivity contribution in [2.45, 2.75) is 20.0 Å². The van der Waals surface area contributed by atoms with Gasteiger partial charge in [0.05, 0.1) is 10.5 Å². The maximum Gasteiger partial charge on any atom is 0.339 e. The number of ether oxygens (including phenoxy) is 1. The summed E-state index contributed by atoms with van der Waals surface area (Å²) in [6, 6.07) is 4.00. The number of rotatable bonds is 6. The highest BCUT2D eigenvalue weighted by Gasteiger charge is 2.20.